The van der Waals surface area contributed by atoms with Gasteiger partial charge in [0.2, 0.25) is 0 Å². The van der Waals surface area contributed by atoms with Crippen LogP contribution in [-0.2, 0) is 0 Å². The first-order valence-electron chi connectivity index (χ1n) is 6.22. The number of benzene rings is 1. The number of hydrogen-bond donors (Lipinski definition) is 1. The summed E-state index contributed by atoms with van der Waals surface area (Å²) in [5.74, 6) is 0.571. The van der Waals surface area contributed by atoms with E-state index in [0.29, 0.717) is 12.0 Å². The van der Waals surface area contributed by atoms with E-state index >= 15 is 0 Å². The van der Waals surface area contributed by atoms with Gasteiger partial charge in [-0.15, -0.1) is 0 Å². The van der Waals surface area contributed by atoms with Crippen molar-refractivity contribution in [2.24, 2.45) is 5.92 Å². The first kappa shape index (κ1) is 13.0. The van der Waals surface area contributed by atoms with E-state index in [0.717, 1.165) is 13.1 Å². The molecule has 0 amide bonds. The standard InChI is InChI=1S/C13H19N3O2/c1-14-9-11-7-8-15(2)13(11)10-3-5-12(6-4-10)16(17)18/h3-6,11,13-14H,7-9H2,1-2H3. The summed E-state index contributed by atoms with van der Waals surface area (Å²) in [6.07, 6.45) is 1.17. The smallest absolute Gasteiger partial charge is 0.269 e. The van der Waals surface area contributed by atoms with Gasteiger partial charge in [-0.25, -0.2) is 0 Å². The Hall–Kier alpha value is -1.46. The van der Waals surface area contributed by atoms with E-state index in [2.05, 4.69) is 17.3 Å². The molecule has 1 N–H and O–H groups in total. The Morgan fingerprint density at radius 1 is 1.44 bits per heavy atom. The molecule has 5 nitrogen and oxygen atoms in total. The van der Waals surface area contributed by atoms with Crippen LogP contribution >= 0.6 is 0 Å². The second kappa shape index (κ2) is 5.46. The van der Waals surface area contributed by atoms with Crippen LogP contribution in [0.5, 0.6) is 0 Å². The van der Waals surface area contributed by atoms with Crippen LogP contribution in [0, 0.1) is 16.0 Å². The van der Waals surface area contributed by atoms with Gasteiger partial charge in [0.15, 0.2) is 0 Å². The third-order valence-corrected chi connectivity index (χ3v) is 3.69. The fraction of sp³-hybridized carbons (Fsp3) is 0.538. The van der Waals surface area contributed by atoms with Crippen LogP contribution in [0.3, 0.4) is 0 Å². The highest BCUT2D eigenvalue weighted by atomic mass is 16.6. The van der Waals surface area contributed by atoms with Crippen molar-refractivity contribution in [1.29, 1.82) is 0 Å². The molecule has 0 bridgehead atoms. The summed E-state index contributed by atoms with van der Waals surface area (Å²) in [5, 5.41) is 13.9. The van der Waals surface area contributed by atoms with Crippen molar-refractivity contribution < 1.29 is 4.92 Å². The van der Waals surface area contributed by atoms with E-state index in [4.69, 9.17) is 0 Å². The highest BCUT2D eigenvalue weighted by Gasteiger charge is 2.32. The zero-order valence-corrected chi connectivity index (χ0v) is 10.8. The quantitative estimate of drug-likeness (QED) is 0.653. The average Bonchev–Trinajstić information content (AvgIpc) is 2.71. The van der Waals surface area contributed by atoms with Crippen LogP contribution in [0.4, 0.5) is 5.69 Å². The summed E-state index contributed by atoms with van der Waals surface area (Å²) in [6, 6.07) is 7.31. The predicted molar refractivity (Wildman–Crippen MR) is 70.5 cm³/mol. The van der Waals surface area contributed by atoms with E-state index < -0.39 is 0 Å². The number of rotatable bonds is 4. The fourth-order valence-corrected chi connectivity index (χ4v) is 2.82. The number of nitrogens with one attached hydrogen (secondary N) is 1. The maximum absolute atomic E-state index is 10.6. The Morgan fingerprint density at radius 3 is 2.67 bits per heavy atom. The monoisotopic (exact) mass is 249 g/mol. The minimum absolute atomic E-state index is 0.157. The number of hydrogen-bond acceptors (Lipinski definition) is 4. The zero-order valence-electron chi connectivity index (χ0n) is 10.8. The van der Waals surface area contributed by atoms with Gasteiger partial charge in [-0.3, -0.25) is 15.0 Å². The van der Waals surface area contributed by atoms with Crippen molar-refractivity contribution >= 4 is 5.69 Å². The largest absolute Gasteiger partial charge is 0.319 e. The maximum Gasteiger partial charge on any atom is 0.269 e. The maximum atomic E-state index is 10.6. The van der Waals surface area contributed by atoms with Crippen molar-refractivity contribution in [3.8, 4) is 0 Å². The molecule has 1 fully saturated rings. The number of nitro benzene ring substituents is 1. The highest BCUT2D eigenvalue weighted by molar-refractivity contribution is 5.34. The van der Waals surface area contributed by atoms with Gasteiger partial charge in [0, 0.05) is 18.2 Å². The Morgan fingerprint density at radius 2 is 2.11 bits per heavy atom. The third kappa shape index (κ3) is 2.52. The molecule has 1 aliphatic heterocycles. The fourth-order valence-electron chi connectivity index (χ4n) is 2.82. The average molecular weight is 249 g/mol. The van der Waals surface area contributed by atoms with Crippen molar-refractivity contribution in [2.75, 3.05) is 27.2 Å². The lowest BCUT2D eigenvalue weighted by Gasteiger charge is -2.25. The molecule has 1 aromatic rings. The van der Waals surface area contributed by atoms with Crippen molar-refractivity contribution in [2.45, 2.75) is 12.5 Å². The van der Waals surface area contributed by atoms with Crippen LogP contribution in [0.15, 0.2) is 24.3 Å². The first-order chi connectivity index (χ1) is 8.63. The SMILES string of the molecule is CNCC1CCN(C)C1c1ccc([N+](=O)[O-])cc1. The molecule has 5 heteroatoms. The lowest BCUT2D eigenvalue weighted by atomic mass is 9.93. The first-order valence-corrected chi connectivity index (χ1v) is 6.22. The lowest BCUT2D eigenvalue weighted by Crippen LogP contribution is -2.26. The Bertz CT molecular complexity index is 417. The minimum atomic E-state index is -0.354. The van der Waals surface area contributed by atoms with Gasteiger partial charge < -0.3 is 5.32 Å². The summed E-state index contributed by atoms with van der Waals surface area (Å²) in [6.45, 7) is 2.06. The molecule has 98 valence electrons. The van der Waals surface area contributed by atoms with Crippen molar-refractivity contribution in [1.82, 2.24) is 10.2 Å². The van der Waals surface area contributed by atoms with Gasteiger partial charge in [0.1, 0.15) is 0 Å². The van der Waals surface area contributed by atoms with Crippen LogP contribution in [0.25, 0.3) is 0 Å². The van der Waals surface area contributed by atoms with Crippen LogP contribution in [0.1, 0.15) is 18.0 Å². The van der Waals surface area contributed by atoms with Gasteiger partial charge in [-0.05, 0) is 45.1 Å². The summed E-state index contributed by atoms with van der Waals surface area (Å²) in [5.41, 5.74) is 1.32. The molecule has 1 heterocycles. The molecule has 2 atom stereocenters. The highest BCUT2D eigenvalue weighted by Crippen LogP contribution is 2.36. The number of nitrogens with zero attached hydrogens (tertiary/aromatic N) is 2. The Kier molecular flexibility index (Phi) is 3.93. The van der Waals surface area contributed by atoms with E-state index in [1.54, 1.807) is 12.1 Å². The molecule has 2 unspecified atom stereocenters. The zero-order chi connectivity index (χ0) is 13.1. The van der Waals surface area contributed by atoms with Gasteiger partial charge >= 0.3 is 0 Å². The summed E-state index contributed by atoms with van der Waals surface area (Å²) < 4.78 is 0. The Labute approximate surface area is 107 Å². The van der Waals surface area contributed by atoms with Gasteiger partial charge in [-0.1, -0.05) is 12.1 Å². The molecule has 0 saturated carbocycles. The second-order valence-corrected chi connectivity index (χ2v) is 4.88. The van der Waals surface area contributed by atoms with Crippen LogP contribution in [0.2, 0.25) is 0 Å². The van der Waals surface area contributed by atoms with Crippen LogP contribution < -0.4 is 5.32 Å². The molecule has 0 aliphatic carbocycles. The summed E-state index contributed by atoms with van der Waals surface area (Å²) >= 11 is 0. The molecule has 0 radical (unpaired) electrons. The van der Waals surface area contributed by atoms with E-state index in [1.165, 1.54) is 12.0 Å². The van der Waals surface area contributed by atoms with Gasteiger partial charge in [0.05, 0.1) is 4.92 Å². The van der Waals surface area contributed by atoms with Gasteiger partial charge in [-0.2, -0.15) is 0 Å². The molecule has 2 rings (SSSR count). The van der Waals surface area contributed by atoms with E-state index in [9.17, 15) is 10.1 Å². The van der Waals surface area contributed by atoms with Crippen LogP contribution in [-0.4, -0.2) is 37.0 Å². The van der Waals surface area contributed by atoms with Crippen molar-refractivity contribution in [3.05, 3.63) is 39.9 Å². The van der Waals surface area contributed by atoms with E-state index in [1.807, 2.05) is 19.2 Å². The number of non-ortho nitro benzene ring substituents is 1. The molecule has 1 aliphatic rings. The topological polar surface area (TPSA) is 58.4 Å². The van der Waals surface area contributed by atoms with E-state index in [-0.39, 0.29) is 10.6 Å². The molecule has 0 spiro atoms. The predicted octanol–water partition coefficient (Wildman–Crippen LogP) is 1.81. The molecule has 1 aromatic carbocycles. The second-order valence-electron chi connectivity index (χ2n) is 4.88. The third-order valence-electron chi connectivity index (χ3n) is 3.69. The summed E-state index contributed by atoms with van der Waals surface area (Å²) in [4.78, 5) is 12.6. The molecular weight excluding hydrogens is 230 g/mol. The van der Waals surface area contributed by atoms with Crippen molar-refractivity contribution in [3.63, 3.8) is 0 Å². The molecule has 1 saturated heterocycles. The molecular formula is C13H19N3O2. The molecule has 0 aromatic heterocycles. The van der Waals surface area contributed by atoms with Gasteiger partial charge in [0.25, 0.3) is 5.69 Å². The number of nitro groups is 1. The Balaban J connectivity index is 2.20. The number of likely N-dealkylation sites (tertiary alicyclic amines) is 1. The molecule has 18 heavy (non-hydrogen) atoms. The summed E-state index contributed by atoms with van der Waals surface area (Å²) in [7, 11) is 4.08. The lowest BCUT2D eigenvalue weighted by molar-refractivity contribution is -0.384. The normalized spacial score (nSPS) is 24.3. The minimum Gasteiger partial charge on any atom is -0.319 e.